The number of benzene rings is 3. The third-order valence-electron chi connectivity index (χ3n) is 5.18. The third kappa shape index (κ3) is 7.02. The summed E-state index contributed by atoms with van der Waals surface area (Å²) in [5.74, 6) is 0. The minimum atomic E-state index is -3.88. The Bertz CT molecular complexity index is 1180. The fraction of sp³-hybridized carbons (Fsp3) is 0.214. The number of sulfone groups is 1. The van der Waals surface area contributed by atoms with Gasteiger partial charge in [-0.2, -0.15) is 0 Å². The SMILES string of the molecule is CCCC/C([Se]c1ccccc1)=C(\C(O)/C=C/c1ccccc1)S(=O)(=O)c1ccc(C)cc1. The fourth-order valence-electron chi connectivity index (χ4n) is 3.36. The van der Waals surface area contributed by atoms with Crippen molar-refractivity contribution in [2.24, 2.45) is 0 Å². The van der Waals surface area contributed by atoms with Crippen molar-refractivity contribution in [2.75, 3.05) is 0 Å². The van der Waals surface area contributed by atoms with Gasteiger partial charge in [0, 0.05) is 0 Å². The van der Waals surface area contributed by atoms with E-state index in [0.29, 0.717) is 6.42 Å². The number of rotatable bonds is 10. The van der Waals surface area contributed by atoms with Crippen molar-refractivity contribution < 1.29 is 13.5 Å². The van der Waals surface area contributed by atoms with E-state index < -0.39 is 15.9 Å². The van der Waals surface area contributed by atoms with Crippen LogP contribution in [0, 0.1) is 6.92 Å². The molecular weight excluding hydrogens is 495 g/mol. The molecule has 33 heavy (non-hydrogen) atoms. The Balaban J connectivity index is 2.13. The molecule has 0 bridgehead atoms. The number of aryl methyl sites for hydroxylation is 1. The number of hydrogen-bond acceptors (Lipinski definition) is 3. The molecule has 3 rings (SSSR count). The predicted octanol–water partition coefficient (Wildman–Crippen LogP) is 5.27. The van der Waals surface area contributed by atoms with Crippen LogP contribution in [0.5, 0.6) is 0 Å². The van der Waals surface area contributed by atoms with Crippen LogP contribution in [0.1, 0.15) is 37.3 Å². The molecule has 0 aliphatic carbocycles. The van der Waals surface area contributed by atoms with Crippen LogP contribution in [0.25, 0.3) is 6.08 Å². The normalized spacial score (nSPS) is 13.7. The Morgan fingerprint density at radius 2 is 1.55 bits per heavy atom. The summed E-state index contributed by atoms with van der Waals surface area (Å²) in [5, 5.41) is 11.3. The molecule has 3 aromatic rings. The molecule has 0 heterocycles. The molecule has 1 unspecified atom stereocenters. The van der Waals surface area contributed by atoms with Crippen LogP contribution in [0.2, 0.25) is 0 Å². The van der Waals surface area contributed by atoms with Crippen molar-refractivity contribution in [1.82, 2.24) is 0 Å². The van der Waals surface area contributed by atoms with E-state index in [-0.39, 0.29) is 24.8 Å². The molecule has 0 aliphatic rings. The van der Waals surface area contributed by atoms with Gasteiger partial charge in [-0.25, -0.2) is 0 Å². The molecular formula is C28H30O3SSe. The summed E-state index contributed by atoms with van der Waals surface area (Å²) in [5.41, 5.74) is 1.90. The van der Waals surface area contributed by atoms with Gasteiger partial charge in [-0.15, -0.1) is 0 Å². The molecule has 1 N–H and O–H groups in total. The van der Waals surface area contributed by atoms with Gasteiger partial charge in [0.05, 0.1) is 0 Å². The van der Waals surface area contributed by atoms with Crippen molar-refractivity contribution in [2.45, 2.75) is 44.1 Å². The third-order valence-corrected chi connectivity index (χ3v) is 9.90. The van der Waals surface area contributed by atoms with Crippen LogP contribution in [0.3, 0.4) is 0 Å². The van der Waals surface area contributed by atoms with Gasteiger partial charge < -0.3 is 0 Å². The fourth-order valence-corrected chi connectivity index (χ4v) is 8.01. The summed E-state index contributed by atoms with van der Waals surface area (Å²) in [6, 6.07) is 26.4. The monoisotopic (exact) mass is 526 g/mol. The first-order chi connectivity index (χ1) is 15.9. The number of unbranched alkanes of at least 4 members (excludes halogenated alkanes) is 1. The van der Waals surface area contributed by atoms with Gasteiger partial charge in [-0.1, -0.05) is 0 Å². The average Bonchev–Trinajstić information content (AvgIpc) is 2.82. The molecule has 0 aliphatic heterocycles. The molecule has 0 fully saturated rings. The summed E-state index contributed by atoms with van der Waals surface area (Å²) in [6.45, 7) is 4.02. The first-order valence-corrected chi connectivity index (χ1v) is 14.3. The van der Waals surface area contributed by atoms with Crippen molar-refractivity contribution in [3.8, 4) is 0 Å². The van der Waals surface area contributed by atoms with Crippen LogP contribution < -0.4 is 4.46 Å². The summed E-state index contributed by atoms with van der Waals surface area (Å²) in [6.07, 6.45) is 4.59. The first-order valence-electron chi connectivity index (χ1n) is 11.1. The molecule has 3 nitrogen and oxygen atoms in total. The van der Waals surface area contributed by atoms with E-state index in [1.807, 2.05) is 67.6 Å². The molecule has 1 atom stereocenters. The standard InChI is InChI=1S/C28H30O3SSe/c1-3-4-15-27(33-25-13-9-6-10-14-25)28(26(29)21-18-23-11-7-5-8-12-23)32(30,31)24-19-16-22(2)17-20-24/h5-14,16-21,26,29H,3-4,15H2,1-2H3/b21-18+,28-27-. The second-order valence-electron chi connectivity index (χ2n) is 7.84. The topological polar surface area (TPSA) is 54.4 Å². The Morgan fingerprint density at radius 3 is 2.15 bits per heavy atom. The molecule has 0 amide bonds. The molecule has 172 valence electrons. The second kappa shape index (κ2) is 12.1. The number of hydrogen-bond donors (Lipinski definition) is 1. The Hall–Kier alpha value is -2.43. The van der Waals surface area contributed by atoms with Gasteiger partial charge >= 0.3 is 204 Å². The average molecular weight is 526 g/mol. The van der Waals surface area contributed by atoms with Crippen molar-refractivity contribution in [1.29, 1.82) is 0 Å². The Labute approximate surface area is 204 Å². The van der Waals surface area contributed by atoms with Gasteiger partial charge in [0.2, 0.25) is 0 Å². The number of aliphatic hydroxyl groups excluding tert-OH is 1. The van der Waals surface area contributed by atoms with Gasteiger partial charge in [0.15, 0.2) is 0 Å². The van der Waals surface area contributed by atoms with E-state index in [1.54, 1.807) is 36.4 Å². The van der Waals surface area contributed by atoms with Crippen LogP contribution >= 0.6 is 0 Å². The molecule has 0 radical (unpaired) electrons. The van der Waals surface area contributed by atoms with E-state index in [0.717, 1.165) is 32.9 Å². The number of allylic oxidation sites excluding steroid dienone is 1. The Kier molecular flexibility index (Phi) is 9.28. The van der Waals surface area contributed by atoms with E-state index >= 15 is 0 Å². The summed E-state index contributed by atoms with van der Waals surface area (Å²) < 4.78 is 29.6. The van der Waals surface area contributed by atoms with Crippen LogP contribution in [-0.4, -0.2) is 34.6 Å². The summed E-state index contributed by atoms with van der Waals surface area (Å²) in [7, 11) is -3.88. The first kappa shape index (κ1) is 25.2. The molecule has 0 aromatic heterocycles. The summed E-state index contributed by atoms with van der Waals surface area (Å²) >= 11 is -0.217. The molecule has 0 spiro atoms. The molecule has 0 saturated heterocycles. The quantitative estimate of drug-likeness (QED) is 0.367. The van der Waals surface area contributed by atoms with Crippen LogP contribution in [0.15, 0.2) is 105 Å². The molecule has 5 heteroatoms. The van der Waals surface area contributed by atoms with Crippen LogP contribution in [0.4, 0.5) is 0 Å². The van der Waals surface area contributed by atoms with E-state index in [9.17, 15) is 13.5 Å². The zero-order valence-corrected chi connectivity index (χ0v) is 21.5. The van der Waals surface area contributed by atoms with Crippen molar-refractivity contribution >= 4 is 35.3 Å². The van der Waals surface area contributed by atoms with Crippen molar-refractivity contribution in [3.63, 3.8) is 0 Å². The Morgan fingerprint density at radius 1 is 0.939 bits per heavy atom. The van der Waals surface area contributed by atoms with E-state index in [2.05, 4.69) is 6.92 Å². The minimum absolute atomic E-state index is 0.121. The van der Waals surface area contributed by atoms with Gasteiger partial charge in [0.1, 0.15) is 0 Å². The second-order valence-corrected chi connectivity index (χ2v) is 12.2. The molecule has 0 saturated carbocycles. The maximum atomic E-state index is 13.8. The van der Waals surface area contributed by atoms with Crippen molar-refractivity contribution in [3.05, 3.63) is 112 Å². The van der Waals surface area contributed by atoms with Gasteiger partial charge in [0.25, 0.3) is 0 Å². The summed E-state index contributed by atoms with van der Waals surface area (Å²) in [4.78, 5) is 0.337. The molecule has 3 aromatic carbocycles. The van der Waals surface area contributed by atoms with E-state index in [4.69, 9.17) is 0 Å². The zero-order valence-electron chi connectivity index (χ0n) is 19.0. The number of aliphatic hydroxyl groups is 1. The maximum absolute atomic E-state index is 13.8. The van der Waals surface area contributed by atoms with Gasteiger partial charge in [-0.05, 0) is 0 Å². The predicted molar refractivity (Wildman–Crippen MR) is 138 cm³/mol. The van der Waals surface area contributed by atoms with Gasteiger partial charge in [-0.3, -0.25) is 0 Å². The van der Waals surface area contributed by atoms with Crippen LogP contribution in [-0.2, 0) is 9.84 Å². The zero-order chi connectivity index (χ0) is 23.7. The van der Waals surface area contributed by atoms with E-state index in [1.165, 1.54) is 0 Å².